The number of hydrogen-bond donors (Lipinski definition) is 0. The van der Waals surface area contributed by atoms with Crippen LogP contribution < -0.4 is 0 Å². The van der Waals surface area contributed by atoms with E-state index in [1.807, 2.05) is 78.9 Å². The number of rotatable bonds is 8. The molecule has 62 heavy (non-hydrogen) atoms. The number of benzene rings is 7. The van der Waals surface area contributed by atoms with Gasteiger partial charge in [-0.3, -0.25) is 0 Å². The fraction of sp³-hybridized carbons (Fsp3) is 0.127. The van der Waals surface area contributed by atoms with Gasteiger partial charge in [-0.25, -0.2) is 29.9 Å². The lowest BCUT2D eigenvalue weighted by atomic mass is 9.83. The van der Waals surface area contributed by atoms with Gasteiger partial charge < -0.3 is 4.42 Å². The molecule has 0 amide bonds. The lowest BCUT2D eigenvalue weighted by Gasteiger charge is -2.22. The maximum absolute atomic E-state index is 6.25. The average molecular weight is 801 g/mol. The first-order chi connectivity index (χ1) is 30.7. The Morgan fingerprint density at radius 1 is 0.371 bits per heavy atom. The molecule has 12 rings (SSSR count). The third-order valence-electron chi connectivity index (χ3n) is 12.9. The fourth-order valence-corrected chi connectivity index (χ4v) is 9.86. The normalized spacial score (nSPS) is 16.9. The topological polar surface area (TPSA) is 90.5 Å². The van der Waals surface area contributed by atoms with Gasteiger partial charge in [-0.05, 0) is 78.0 Å². The first-order valence-electron chi connectivity index (χ1n) is 21.5. The fourth-order valence-electron chi connectivity index (χ4n) is 9.86. The number of aromatic nitrogens is 6. The smallest absolute Gasteiger partial charge is 0.164 e. The first-order valence-corrected chi connectivity index (χ1v) is 21.5. The molecule has 3 unspecified atom stereocenters. The van der Waals surface area contributed by atoms with E-state index in [4.69, 9.17) is 34.3 Å². The van der Waals surface area contributed by atoms with Crippen LogP contribution >= 0.6 is 0 Å². The van der Waals surface area contributed by atoms with Gasteiger partial charge in [0.2, 0.25) is 0 Å². The maximum atomic E-state index is 6.25. The van der Waals surface area contributed by atoms with Crippen molar-refractivity contribution >= 4 is 21.9 Å². The quantitative estimate of drug-likeness (QED) is 0.151. The van der Waals surface area contributed by atoms with E-state index in [1.165, 1.54) is 31.2 Å². The molecule has 2 fully saturated rings. The minimum absolute atomic E-state index is 0.581. The maximum Gasteiger partial charge on any atom is 0.164 e. The van der Waals surface area contributed by atoms with Crippen molar-refractivity contribution in [2.24, 2.45) is 11.8 Å². The molecule has 10 aromatic rings. The summed E-state index contributed by atoms with van der Waals surface area (Å²) in [6.07, 6.45) is 5.48. The van der Waals surface area contributed by atoms with Gasteiger partial charge in [0.1, 0.15) is 11.2 Å². The lowest BCUT2D eigenvalue weighted by Crippen LogP contribution is -2.08. The summed E-state index contributed by atoms with van der Waals surface area (Å²) in [5.74, 6) is 6.11. The highest BCUT2D eigenvalue weighted by Crippen LogP contribution is 2.53. The number of fused-ring (bicyclic) bond motifs is 5. The molecule has 2 saturated carbocycles. The Morgan fingerprint density at radius 3 is 1.44 bits per heavy atom. The summed E-state index contributed by atoms with van der Waals surface area (Å²) in [4.78, 5) is 30.5. The Balaban J connectivity index is 0.930. The van der Waals surface area contributed by atoms with Gasteiger partial charge in [0.25, 0.3) is 0 Å². The SMILES string of the molecule is c1ccc(-c2nc(-c3ccc(C4CC5CCC4C5)cc3)nc(-c3cccc(-c4cccc(-c5nc(-c6ccccc6)nc(-c6cccc7oc8ccccc8c67)n5)c4)c3)n2)cc1. The van der Waals surface area contributed by atoms with Crippen molar-refractivity contribution in [3.05, 3.63) is 181 Å². The van der Waals surface area contributed by atoms with Crippen LogP contribution in [0.1, 0.15) is 37.2 Å². The van der Waals surface area contributed by atoms with E-state index >= 15 is 0 Å². The first kappa shape index (κ1) is 36.2. The van der Waals surface area contributed by atoms with Crippen LogP contribution in [0.3, 0.4) is 0 Å². The second-order valence-electron chi connectivity index (χ2n) is 16.7. The van der Waals surface area contributed by atoms with Crippen LogP contribution in [0.25, 0.3) is 101 Å². The van der Waals surface area contributed by atoms with Crippen molar-refractivity contribution in [3.8, 4) is 79.5 Å². The summed E-state index contributed by atoms with van der Waals surface area (Å²) in [5, 5.41) is 2.00. The van der Waals surface area contributed by atoms with Gasteiger partial charge in [0.15, 0.2) is 34.9 Å². The van der Waals surface area contributed by atoms with Crippen LogP contribution in [0.4, 0.5) is 0 Å². The van der Waals surface area contributed by atoms with E-state index in [0.29, 0.717) is 40.9 Å². The minimum Gasteiger partial charge on any atom is -0.456 e. The highest BCUT2D eigenvalue weighted by atomic mass is 16.3. The summed E-state index contributed by atoms with van der Waals surface area (Å²) < 4.78 is 6.25. The number of para-hydroxylation sites is 1. The summed E-state index contributed by atoms with van der Waals surface area (Å²) >= 11 is 0. The molecule has 7 nitrogen and oxygen atoms in total. The van der Waals surface area contributed by atoms with E-state index in [9.17, 15) is 0 Å². The van der Waals surface area contributed by atoms with Crippen molar-refractivity contribution in [2.75, 3.05) is 0 Å². The zero-order chi connectivity index (χ0) is 41.0. The van der Waals surface area contributed by atoms with Gasteiger partial charge in [-0.15, -0.1) is 0 Å². The molecule has 2 aliphatic carbocycles. The zero-order valence-electron chi connectivity index (χ0n) is 33.9. The van der Waals surface area contributed by atoms with Gasteiger partial charge in [-0.1, -0.05) is 158 Å². The van der Waals surface area contributed by atoms with Crippen LogP contribution in [0.15, 0.2) is 180 Å². The molecule has 2 bridgehead atoms. The number of nitrogens with zero attached hydrogens (tertiary/aromatic N) is 6. The standard InChI is InChI=1S/C55H40N6O/c1-3-12-36(13-4-1)50-56-52(38-28-26-35(27-29-38)46-31-34-24-25-41(46)30-34)59-53(57-50)42-18-9-16-39(32-42)40-17-10-19-43(33-40)54-58-51(37-14-5-2-6-15-37)60-55(61-54)45-21-11-23-48-49(45)44-20-7-8-22-47(44)62-48/h1-23,26-29,32-34,41,46H,24-25,30-31H2. The molecular weight excluding hydrogens is 761 g/mol. The second-order valence-corrected chi connectivity index (χ2v) is 16.7. The van der Waals surface area contributed by atoms with Crippen LogP contribution in [0, 0.1) is 11.8 Å². The molecule has 0 radical (unpaired) electrons. The molecule has 0 saturated heterocycles. The summed E-state index contributed by atoms with van der Waals surface area (Å²) in [7, 11) is 0. The van der Waals surface area contributed by atoms with E-state index in [1.54, 1.807) is 0 Å². The Bertz CT molecular complexity index is 3270. The molecule has 7 aromatic carbocycles. The summed E-state index contributed by atoms with van der Waals surface area (Å²) in [6.45, 7) is 0. The molecule has 2 aliphatic rings. The van der Waals surface area contributed by atoms with E-state index in [-0.39, 0.29) is 0 Å². The highest BCUT2D eigenvalue weighted by molar-refractivity contribution is 6.11. The Morgan fingerprint density at radius 2 is 0.855 bits per heavy atom. The van der Waals surface area contributed by atoms with Gasteiger partial charge >= 0.3 is 0 Å². The average Bonchev–Trinajstić information content (AvgIpc) is 4.10. The van der Waals surface area contributed by atoms with Crippen molar-refractivity contribution in [1.29, 1.82) is 0 Å². The van der Waals surface area contributed by atoms with Crippen molar-refractivity contribution in [3.63, 3.8) is 0 Å². The molecule has 0 aliphatic heterocycles. The third kappa shape index (κ3) is 6.63. The predicted octanol–water partition coefficient (Wildman–Crippen LogP) is 13.5. The largest absolute Gasteiger partial charge is 0.456 e. The Labute approximate surface area is 359 Å². The van der Waals surface area contributed by atoms with E-state index in [2.05, 4.69) is 97.1 Å². The van der Waals surface area contributed by atoms with Crippen molar-refractivity contribution in [1.82, 2.24) is 29.9 Å². The third-order valence-corrected chi connectivity index (χ3v) is 12.9. The molecule has 3 heterocycles. The van der Waals surface area contributed by atoms with Crippen LogP contribution in [-0.2, 0) is 0 Å². The molecule has 7 heteroatoms. The molecule has 0 spiro atoms. The molecule has 3 atom stereocenters. The zero-order valence-corrected chi connectivity index (χ0v) is 33.9. The number of furan rings is 1. The van der Waals surface area contributed by atoms with Gasteiger partial charge in [0.05, 0.1) is 0 Å². The molecule has 3 aromatic heterocycles. The monoisotopic (exact) mass is 800 g/mol. The summed E-state index contributed by atoms with van der Waals surface area (Å²) in [6, 6.07) is 60.2. The van der Waals surface area contributed by atoms with Crippen LogP contribution in [-0.4, -0.2) is 29.9 Å². The van der Waals surface area contributed by atoms with Gasteiger partial charge in [-0.2, -0.15) is 0 Å². The summed E-state index contributed by atoms with van der Waals surface area (Å²) in [5.41, 5.74) is 10.6. The van der Waals surface area contributed by atoms with E-state index < -0.39 is 0 Å². The van der Waals surface area contributed by atoms with Crippen LogP contribution in [0.5, 0.6) is 0 Å². The molecule has 0 N–H and O–H groups in total. The number of hydrogen-bond acceptors (Lipinski definition) is 7. The minimum atomic E-state index is 0.581. The van der Waals surface area contributed by atoms with Crippen molar-refractivity contribution < 1.29 is 4.42 Å². The predicted molar refractivity (Wildman–Crippen MR) is 247 cm³/mol. The molecular formula is C55H40N6O. The highest BCUT2D eigenvalue weighted by Gasteiger charge is 2.40. The van der Waals surface area contributed by atoms with E-state index in [0.717, 1.165) is 78.3 Å². The van der Waals surface area contributed by atoms with Crippen molar-refractivity contribution in [2.45, 2.75) is 31.6 Å². The van der Waals surface area contributed by atoms with Gasteiger partial charge in [0, 0.05) is 44.2 Å². The second kappa shape index (κ2) is 15.1. The lowest BCUT2D eigenvalue weighted by molar-refractivity contribution is 0.420. The molecule has 296 valence electrons. The van der Waals surface area contributed by atoms with Crippen LogP contribution in [0.2, 0.25) is 0 Å². The Hall–Kier alpha value is -7.64. The Kier molecular flexibility index (Phi) is 8.84.